The maximum absolute atomic E-state index is 12.3. The molecule has 0 saturated heterocycles. The van der Waals surface area contributed by atoms with Crippen molar-refractivity contribution in [2.24, 2.45) is 7.05 Å². The molecule has 172 valence electrons. The third kappa shape index (κ3) is 4.56. The smallest absolute Gasteiger partial charge is 0.344 e. The number of aromatic amines is 1. The van der Waals surface area contributed by atoms with E-state index in [-0.39, 0.29) is 24.4 Å². The summed E-state index contributed by atoms with van der Waals surface area (Å²) in [6.07, 6.45) is 1.62. The number of nitrogens with zero attached hydrogens (tertiary/aromatic N) is 3. The van der Waals surface area contributed by atoms with Crippen LogP contribution in [-0.2, 0) is 29.7 Å². The second-order valence-electron chi connectivity index (χ2n) is 7.43. The molecule has 11 heteroatoms. The number of rotatable bonds is 8. The van der Waals surface area contributed by atoms with Gasteiger partial charge in [0.2, 0.25) is 0 Å². The van der Waals surface area contributed by atoms with Crippen LogP contribution in [0.1, 0.15) is 25.6 Å². The molecule has 0 aliphatic rings. The van der Waals surface area contributed by atoms with Gasteiger partial charge in [0, 0.05) is 31.1 Å². The van der Waals surface area contributed by atoms with Crippen LogP contribution in [0.15, 0.2) is 49.1 Å². The molecule has 0 fully saturated rings. The Kier molecular flexibility index (Phi) is 6.11. The van der Waals surface area contributed by atoms with Crippen molar-refractivity contribution in [3.8, 4) is 5.75 Å². The van der Waals surface area contributed by atoms with Crippen LogP contribution in [0.2, 0.25) is 0 Å². The Labute approximate surface area is 186 Å². The lowest BCUT2D eigenvalue weighted by atomic mass is 10.2. The summed E-state index contributed by atoms with van der Waals surface area (Å²) in [6.45, 7) is 1.82. The summed E-state index contributed by atoms with van der Waals surface area (Å²) in [5.41, 5.74) is -0.748. The van der Waals surface area contributed by atoms with Gasteiger partial charge in [0.05, 0.1) is 0 Å². The minimum Gasteiger partial charge on any atom is -0.482 e. The molecule has 1 N–H and O–H groups in total. The monoisotopic (exact) mass is 454 g/mol. The number of H-pyrrole nitrogens is 1. The first-order chi connectivity index (χ1) is 15.9. The number of esters is 1. The molecule has 0 amide bonds. The molecule has 4 aromatic rings. The van der Waals surface area contributed by atoms with Crippen molar-refractivity contribution >= 4 is 28.1 Å². The number of imidazole rings is 1. The van der Waals surface area contributed by atoms with E-state index in [1.165, 1.54) is 21.3 Å². The summed E-state index contributed by atoms with van der Waals surface area (Å²) in [5.74, 6) is -0.0101. The number of fused-ring (bicyclic) bond motifs is 2. The first kappa shape index (κ1) is 22.1. The van der Waals surface area contributed by atoms with Gasteiger partial charge in [-0.2, -0.15) is 0 Å². The Morgan fingerprint density at radius 3 is 2.76 bits per heavy atom. The summed E-state index contributed by atoms with van der Waals surface area (Å²) < 4.78 is 18.7. The van der Waals surface area contributed by atoms with Crippen molar-refractivity contribution in [2.75, 3.05) is 6.61 Å². The lowest BCUT2D eigenvalue weighted by Crippen LogP contribution is -2.31. The molecule has 0 unspecified atom stereocenters. The van der Waals surface area contributed by atoms with E-state index in [1.807, 2.05) is 6.92 Å². The zero-order valence-electron chi connectivity index (χ0n) is 18.1. The van der Waals surface area contributed by atoms with Gasteiger partial charge in [0.15, 0.2) is 17.8 Å². The predicted octanol–water partition coefficient (Wildman–Crippen LogP) is 1.45. The van der Waals surface area contributed by atoms with Gasteiger partial charge < -0.3 is 18.5 Å². The zero-order chi connectivity index (χ0) is 23.5. The fraction of sp³-hybridized carbons (Fsp3) is 0.318. The van der Waals surface area contributed by atoms with Crippen LogP contribution in [0, 0.1) is 0 Å². The van der Waals surface area contributed by atoms with E-state index >= 15 is 0 Å². The van der Waals surface area contributed by atoms with E-state index in [0.29, 0.717) is 23.7 Å². The summed E-state index contributed by atoms with van der Waals surface area (Å²) in [7, 11) is 1.61. The average molecular weight is 454 g/mol. The summed E-state index contributed by atoms with van der Waals surface area (Å²) in [5, 5.41) is 0.721. The molecular weight excluding hydrogens is 432 g/mol. The first-order valence-electron chi connectivity index (χ1n) is 10.4. The van der Waals surface area contributed by atoms with Gasteiger partial charge in [0.1, 0.15) is 23.8 Å². The molecule has 0 bridgehead atoms. The number of benzene rings is 1. The molecule has 3 aromatic heterocycles. The van der Waals surface area contributed by atoms with Gasteiger partial charge >= 0.3 is 17.3 Å². The second kappa shape index (κ2) is 9.15. The summed E-state index contributed by atoms with van der Waals surface area (Å²) in [4.78, 5) is 54.7. The molecule has 3 heterocycles. The lowest BCUT2D eigenvalue weighted by Gasteiger charge is -2.07. The van der Waals surface area contributed by atoms with Crippen LogP contribution in [-0.4, -0.2) is 31.7 Å². The van der Waals surface area contributed by atoms with Crippen molar-refractivity contribution < 1.29 is 18.7 Å². The van der Waals surface area contributed by atoms with Gasteiger partial charge in [-0.05, 0) is 24.6 Å². The van der Waals surface area contributed by atoms with Crippen LogP contribution >= 0.6 is 0 Å². The van der Waals surface area contributed by atoms with Crippen LogP contribution < -0.4 is 21.6 Å². The van der Waals surface area contributed by atoms with Crippen molar-refractivity contribution in [3.05, 3.63) is 67.4 Å². The molecule has 0 aliphatic carbocycles. The van der Waals surface area contributed by atoms with Crippen molar-refractivity contribution in [1.29, 1.82) is 0 Å². The molecular formula is C22H22N4O7. The third-order valence-corrected chi connectivity index (χ3v) is 5.15. The van der Waals surface area contributed by atoms with E-state index in [1.54, 1.807) is 25.2 Å². The van der Waals surface area contributed by atoms with Crippen LogP contribution in [0.5, 0.6) is 5.75 Å². The number of carbonyl (C=O) groups is 1. The Balaban J connectivity index is 1.46. The fourth-order valence-corrected chi connectivity index (χ4v) is 3.40. The largest absolute Gasteiger partial charge is 0.482 e. The number of ether oxygens (including phenoxy) is 2. The van der Waals surface area contributed by atoms with Gasteiger partial charge in [0.25, 0.3) is 5.56 Å². The molecule has 33 heavy (non-hydrogen) atoms. The minimum atomic E-state index is -0.658. The molecule has 0 radical (unpaired) electrons. The number of aryl methyl sites for hydroxylation is 2. The molecule has 0 saturated carbocycles. The fourth-order valence-electron chi connectivity index (χ4n) is 3.40. The standard InChI is InChI=1S/C22H22N4O7/c1-3-4-9-26-20-19(21(29)24-22(26)30)25(2)16(23-20)11-32-18(28)12-31-14-7-5-13-6-8-17(27)33-15(13)10-14/h5-8,10H,3-4,9,11-12H2,1-2H3,(H,24,29,30). The van der Waals surface area contributed by atoms with E-state index in [2.05, 4.69) is 9.97 Å². The molecule has 1 aromatic carbocycles. The maximum Gasteiger partial charge on any atom is 0.344 e. The highest BCUT2D eigenvalue weighted by molar-refractivity contribution is 5.78. The second-order valence-corrected chi connectivity index (χ2v) is 7.43. The van der Waals surface area contributed by atoms with Gasteiger partial charge in [-0.25, -0.2) is 19.4 Å². The normalized spacial score (nSPS) is 11.2. The Hall–Kier alpha value is -4.15. The third-order valence-electron chi connectivity index (χ3n) is 5.15. The highest BCUT2D eigenvalue weighted by Crippen LogP contribution is 2.19. The molecule has 4 rings (SSSR count). The van der Waals surface area contributed by atoms with E-state index < -0.39 is 22.8 Å². The van der Waals surface area contributed by atoms with E-state index in [4.69, 9.17) is 13.9 Å². The highest BCUT2D eigenvalue weighted by atomic mass is 16.6. The molecule has 11 nitrogen and oxygen atoms in total. The maximum atomic E-state index is 12.3. The highest BCUT2D eigenvalue weighted by Gasteiger charge is 2.17. The molecule has 0 atom stereocenters. The quantitative estimate of drug-likeness (QED) is 0.312. The number of hydrogen-bond acceptors (Lipinski definition) is 8. The topological polar surface area (TPSA) is 138 Å². The first-order valence-corrected chi connectivity index (χ1v) is 10.4. The SMILES string of the molecule is CCCCn1c(=O)[nH]c(=O)c2c1nc(COC(=O)COc1ccc3ccc(=O)oc3c1)n2C. The van der Waals surface area contributed by atoms with Gasteiger partial charge in [-0.1, -0.05) is 13.3 Å². The van der Waals surface area contributed by atoms with Crippen molar-refractivity contribution in [2.45, 2.75) is 32.9 Å². The summed E-state index contributed by atoms with van der Waals surface area (Å²) in [6, 6.07) is 7.80. The van der Waals surface area contributed by atoms with Gasteiger partial charge in [-0.15, -0.1) is 0 Å². The van der Waals surface area contributed by atoms with E-state index in [9.17, 15) is 19.2 Å². The molecule has 0 spiro atoms. The van der Waals surface area contributed by atoms with Crippen molar-refractivity contribution in [3.63, 3.8) is 0 Å². The number of hydrogen-bond donors (Lipinski definition) is 1. The van der Waals surface area contributed by atoms with Crippen molar-refractivity contribution in [1.82, 2.24) is 19.1 Å². The van der Waals surface area contributed by atoms with Crippen LogP contribution in [0.4, 0.5) is 0 Å². The van der Waals surface area contributed by atoms with E-state index in [0.717, 1.165) is 18.2 Å². The Bertz CT molecular complexity index is 1510. The Morgan fingerprint density at radius 1 is 1.18 bits per heavy atom. The van der Waals surface area contributed by atoms with Crippen LogP contribution in [0.3, 0.4) is 0 Å². The predicted molar refractivity (Wildman–Crippen MR) is 118 cm³/mol. The number of aromatic nitrogens is 4. The number of carbonyl (C=O) groups excluding carboxylic acids is 1. The minimum absolute atomic E-state index is 0.207. The average Bonchev–Trinajstić information content (AvgIpc) is 3.12. The number of nitrogens with one attached hydrogen (secondary N) is 1. The van der Waals surface area contributed by atoms with Gasteiger partial charge in [-0.3, -0.25) is 14.3 Å². The number of unbranched alkanes of at least 4 members (excludes halogenated alkanes) is 1. The molecule has 0 aliphatic heterocycles. The lowest BCUT2D eigenvalue weighted by molar-refractivity contribution is -0.147. The Morgan fingerprint density at radius 2 is 1.97 bits per heavy atom. The summed E-state index contributed by atoms with van der Waals surface area (Å²) >= 11 is 0. The van der Waals surface area contributed by atoms with Crippen LogP contribution in [0.25, 0.3) is 22.1 Å². The zero-order valence-corrected chi connectivity index (χ0v) is 18.1.